The third-order valence-corrected chi connectivity index (χ3v) is 4.18. The minimum Gasteiger partial charge on any atom is -0.360 e. The van der Waals surface area contributed by atoms with Crippen molar-refractivity contribution in [1.82, 2.24) is 30.0 Å². The van der Waals surface area contributed by atoms with Gasteiger partial charge in [-0.15, -0.1) is 0 Å². The van der Waals surface area contributed by atoms with E-state index in [2.05, 4.69) is 44.5 Å². The van der Waals surface area contributed by atoms with E-state index in [-0.39, 0.29) is 0 Å². The molecule has 128 valence electrons. The Bertz CT molecular complexity index is 930. The largest absolute Gasteiger partial charge is 0.360 e. The summed E-state index contributed by atoms with van der Waals surface area (Å²) < 4.78 is 1.90. The van der Waals surface area contributed by atoms with E-state index in [9.17, 15) is 0 Å². The van der Waals surface area contributed by atoms with Crippen LogP contribution in [0.25, 0.3) is 22.6 Å². The molecule has 4 rings (SSSR count). The molecule has 0 radical (unpaired) electrons. The highest BCUT2D eigenvalue weighted by atomic mass is 32.1. The van der Waals surface area contributed by atoms with Crippen molar-refractivity contribution < 1.29 is 0 Å². The molecule has 1 saturated carbocycles. The maximum absolute atomic E-state index is 5.29. The number of rotatable bonds is 4. The van der Waals surface area contributed by atoms with Crippen molar-refractivity contribution in [3.05, 3.63) is 30.6 Å². The van der Waals surface area contributed by atoms with Crippen LogP contribution in [-0.2, 0) is 0 Å². The lowest BCUT2D eigenvalue weighted by atomic mass is 10.3. The zero-order valence-corrected chi connectivity index (χ0v) is 14.9. The molecule has 25 heavy (non-hydrogen) atoms. The van der Waals surface area contributed by atoms with E-state index in [0.717, 1.165) is 11.2 Å². The number of fused-ring (bicyclic) bond motifs is 1. The van der Waals surface area contributed by atoms with E-state index in [1.807, 2.05) is 29.1 Å². The second kappa shape index (κ2) is 6.36. The van der Waals surface area contributed by atoms with E-state index in [0.29, 0.717) is 34.4 Å². The van der Waals surface area contributed by atoms with Gasteiger partial charge in [0, 0.05) is 18.3 Å². The van der Waals surface area contributed by atoms with Gasteiger partial charge in [0.25, 0.3) is 0 Å². The van der Waals surface area contributed by atoms with Crippen LogP contribution in [0.3, 0.4) is 0 Å². The Morgan fingerprint density at radius 3 is 2.76 bits per heavy atom. The van der Waals surface area contributed by atoms with Gasteiger partial charge in [-0.2, -0.15) is 5.10 Å². The number of hydrogen-bond donors (Lipinski definition) is 2. The van der Waals surface area contributed by atoms with Gasteiger partial charge in [-0.05, 0) is 57.1 Å². The molecule has 3 aromatic rings. The summed E-state index contributed by atoms with van der Waals surface area (Å²) in [5, 5.41) is 11.5. The highest BCUT2D eigenvalue weighted by Crippen LogP contribution is 2.20. The molecule has 3 aromatic heterocycles. The minimum atomic E-state index is 0.302. The van der Waals surface area contributed by atoms with Crippen LogP contribution in [0.15, 0.2) is 30.6 Å². The number of pyridine rings is 1. The molecule has 0 aliphatic heterocycles. The molecular formula is C17H19N7S. The topological polar surface area (TPSA) is 80.5 Å². The highest BCUT2D eigenvalue weighted by molar-refractivity contribution is 7.80. The van der Waals surface area contributed by atoms with Crippen LogP contribution in [0.4, 0.5) is 5.82 Å². The lowest BCUT2D eigenvalue weighted by Gasteiger charge is -2.09. The highest BCUT2D eigenvalue weighted by Gasteiger charge is 2.21. The third-order valence-electron chi connectivity index (χ3n) is 3.96. The summed E-state index contributed by atoms with van der Waals surface area (Å²) in [7, 11) is 0. The van der Waals surface area contributed by atoms with Gasteiger partial charge < -0.3 is 10.6 Å². The fraction of sp³-hybridized carbons (Fsp3) is 0.353. The maximum Gasteiger partial charge on any atom is 0.180 e. The maximum atomic E-state index is 5.29. The first-order valence-corrected chi connectivity index (χ1v) is 8.76. The van der Waals surface area contributed by atoms with Gasteiger partial charge in [0.05, 0.1) is 6.20 Å². The smallest absolute Gasteiger partial charge is 0.180 e. The Morgan fingerprint density at radius 1 is 1.20 bits per heavy atom. The molecule has 1 aliphatic carbocycles. The van der Waals surface area contributed by atoms with Gasteiger partial charge in [0.1, 0.15) is 22.7 Å². The molecule has 7 nitrogen and oxygen atoms in total. The molecular weight excluding hydrogens is 334 g/mol. The molecule has 0 spiro atoms. The number of aromatic nitrogens is 5. The van der Waals surface area contributed by atoms with E-state index in [1.165, 1.54) is 12.8 Å². The van der Waals surface area contributed by atoms with E-state index >= 15 is 0 Å². The first-order valence-electron chi connectivity index (χ1n) is 8.35. The van der Waals surface area contributed by atoms with Crippen molar-refractivity contribution in [2.24, 2.45) is 0 Å². The lowest BCUT2D eigenvalue weighted by molar-refractivity contribution is 0.534. The predicted octanol–water partition coefficient (Wildman–Crippen LogP) is 2.92. The molecule has 1 fully saturated rings. The van der Waals surface area contributed by atoms with Crippen LogP contribution in [0.1, 0.15) is 32.7 Å². The number of nitrogens with zero attached hydrogens (tertiary/aromatic N) is 5. The monoisotopic (exact) mass is 353 g/mol. The minimum absolute atomic E-state index is 0.302. The molecule has 0 aromatic carbocycles. The van der Waals surface area contributed by atoms with Crippen molar-refractivity contribution in [2.45, 2.75) is 38.8 Å². The first kappa shape index (κ1) is 15.9. The van der Waals surface area contributed by atoms with E-state index in [1.54, 1.807) is 6.20 Å². The zero-order chi connectivity index (χ0) is 17.4. The van der Waals surface area contributed by atoms with Crippen molar-refractivity contribution in [1.29, 1.82) is 0 Å². The second-order valence-electron chi connectivity index (χ2n) is 6.44. The average molecular weight is 353 g/mol. The summed E-state index contributed by atoms with van der Waals surface area (Å²) in [6.07, 6.45) is 6.01. The molecule has 0 saturated heterocycles. The summed E-state index contributed by atoms with van der Waals surface area (Å²) in [6.45, 7) is 4.17. The van der Waals surface area contributed by atoms with Crippen LogP contribution in [0.2, 0.25) is 0 Å². The van der Waals surface area contributed by atoms with Gasteiger partial charge in [0.15, 0.2) is 10.8 Å². The van der Waals surface area contributed by atoms with Crippen molar-refractivity contribution in [3.63, 3.8) is 0 Å². The Hall–Kier alpha value is -2.61. The van der Waals surface area contributed by atoms with Gasteiger partial charge in [-0.25, -0.2) is 9.97 Å². The van der Waals surface area contributed by atoms with Crippen LogP contribution in [0.5, 0.6) is 0 Å². The number of anilines is 1. The zero-order valence-electron chi connectivity index (χ0n) is 14.1. The third kappa shape index (κ3) is 3.58. The average Bonchev–Trinajstić information content (AvgIpc) is 3.25. The molecule has 2 N–H and O–H groups in total. The van der Waals surface area contributed by atoms with Crippen molar-refractivity contribution in [3.8, 4) is 11.4 Å². The Morgan fingerprint density at radius 2 is 2.04 bits per heavy atom. The summed E-state index contributed by atoms with van der Waals surface area (Å²) in [4.78, 5) is 13.6. The predicted molar refractivity (Wildman–Crippen MR) is 101 cm³/mol. The number of hydrogen-bond acceptors (Lipinski definition) is 5. The van der Waals surface area contributed by atoms with Gasteiger partial charge >= 0.3 is 0 Å². The Labute approximate surface area is 150 Å². The van der Waals surface area contributed by atoms with Crippen LogP contribution in [0, 0.1) is 0 Å². The lowest BCUT2D eigenvalue weighted by Crippen LogP contribution is -2.30. The van der Waals surface area contributed by atoms with Crippen LogP contribution >= 0.6 is 12.2 Å². The van der Waals surface area contributed by atoms with Gasteiger partial charge in [-0.3, -0.25) is 9.67 Å². The van der Waals surface area contributed by atoms with E-state index < -0.39 is 0 Å². The molecule has 0 bridgehead atoms. The fourth-order valence-electron chi connectivity index (χ4n) is 2.42. The summed E-state index contributed by atoms with van der Waals surface area (Å²) in [5.74, 6) is 0.657. The fourth-order valence-corrected chi connectivity index (χ4v) is 2.69. The normalized spacial score (nSPS) is 14.0. The number of nitrogens with one attached hydrogen (secondary N) is 2. The second-order valence-corrected chi connectivity index (χ2v) is 6.85. The molecule has 0 atom stereocenters. The quantitative estimate of drug-likeness (QED) is 0.698. The van der Waals surface area contributed by atoms with Crippen LogP contribution < -0.4 is 10.6 Å². The Kier molecular flexibility index (Phi) is 4.04. The van der Waals surface area contributed by atoms with E-state index in [4.69, 9.17) is 12.2 Å². The van der Waals surface area contributed by atoms with Crippen molar-refractivity contribution >= 4 is 34.3 Å². The Balaban J connectivity index is 1.60. The molecule has 0 unspecified atom stereocenters. The summed E-state index contributed by atoms with van der Waals surface area (Å²) in [5.41, 5.74) is 2.79. The van der Waals surface area contributed by atoms with Gasteiger partial charge in [0.2, 0.25) is 0 Å². The van der Waals surface area contributed by atoms with Crippen molar-refractivity contribution in [2.75, 3.05) is 5.32 Å². The summed E-state index contributed by atoms with van der Waals surface area (Å²) in [6, 6.07) is 6.48. The molecule has 0 amide bonds. The number of thiocarbonyl (C=S) groups is 1. The molecule has 1 aliphatic rings. The van der Waals surface area contributed by atoms with Gasteiger partial charge in [-0.1, -0.05) is 0 Å². The standard InChI is InChI=1S/C17H19N7S/c1-10(2)24-8-7-12(23-24)14-9-18-13-5-6-15(21-16(13)20-14)22-17(25)19-11-3-4-11/h5-11H,3-4H2,1-2H3,(H2,19,20,21,22,25). The van der Waals surface area contributed by atoms with Crippen LogP contribution in [-0.4, -0.2) is 35.9 Å². The summed E-state index contributed by atoms with van der Waals surface area (Å²) >= 11 is 5.29. The first-order chi connectivity index (χ1) is 12.1. The molecule has 3 heterocycles. The SMILES string of the molecule is CC(C)n1ccc(-c2cnc3ccc(NC(=S)NC4CC4)nc3n2)n1. The molecule has 8 heteroatoms.